The Morgan fingerprint density at radius 1 is 1.03 bits per heavy atom. The van der Waals surface area contributed by atoms with Crippen LogP contribution in [0.4, 0.5) is 5.69 Å². The third kappa shape index (κ3) is 5.24. The molecule has 32 heavy (non-hydrogen) atoms. The van der Waals surface area contributed by atoms with Crippen molar-refractivity contribution >= 4 is 23.4 Å². The van der Waals surface area contributed by atoms with Crippen LogP contribution in [-0.4, -0.2) is 57.5 Å². The third-order valence-electron chi connectivity index (χ3n) is 5.69. The van der Waals surface area contributed by atoms with Gasteiger partial charge in [-0.3, -0.25) is 4.79 Å². The molecule has 7 nitrogen and oxygen atoms in total. The number of ether oxygens (including phenoxy) is 1. The number of rotatable bonds is 7. The van der Waals surface area contributed by atoms with Crippen LogP contribution in [0.1, 0.15) is 17.0 Å². The average molecular weight is 452 g/mol. The van der Waals surface area contributed by atoms with Gasteiger partial charge in [0.15, 0.2) is 11.0 Å². The van der Waals surface area contributed by atoms with Crippen molar-refractivity contribution in [2.45, 2.75) is 25.6 Å². The van der Waals surface area contributed by atoms with Crippen LogP contribution in [0.3, 0.4) is 0 Å². The Kier molecular flexibility index (Phi) is 6.99. The van der Waals surface area contributed by atoms with E-state index in [1.54, 1.807) is 0 Å². The Hall–Kier alpha value is -3.00. The molecular weight excluding hydrogens is 422 g/mol. The van der Waals surface area contributed by atoms with E-state index in [0.29, 0.717) is 12.4 Å². The van der Waals surface area contributed by atoms with Gasteiger partial charge in [0.05, 0.1) is 5.75 Å². The first-order valence-electron chi connectivity index (χ1n) is 10.8. The van der Waals surface area contributed by atoms with Crippen molar-refractivity contribution in [3.05, 3.63) is 65.5 Å². The second-order valence-electron chi connectivity index (χ2n) is 8.01. The van der Waals surface area contributed by atoms with E-state index in [0.717, 1.165) is 48.5 Å². The van der Waals surface area contributed by atoms with Crippen LogP contribution in [0.2, 0.25) is 0 Å². The quantitative estimate of drug-likeness (QED) is 0.513. The van der Waals surface area contributed by atoms with Crippen molar-refractivity contribution in [3.63, 3.8) is 0 Å². The SMILES string of the molecule is Cc1ccc(OCc2nnc(SCC(=O)N3CCN(c4ccccc4)CC3)n2C)c(C)c1. The summed E-state index contributed by atoms with van der Waals surface area (Å²) in [6.07, 6.45) is 0. The number of benzene rings is 2. The van der Waals surface area contributed by atoms with E-state index in [1.165, 1.54) is 23.0 Å². The number of carbonyl (C=O) groups is 1. The van der Waals surface area contributed by atoms with Crippen molar-refractivity contribution in [2.24, 2.45) is 7.05 Å². The fraction of sp³-hybridized carbons (Fsp3) is 0.375. The minimum Gasteiger partial charge on any atom is -0.485 e. The van der Waals surface area contributed by atoms with Crippen molar-refractivity contribution in [2.75, 3.05) is 36.8 Å². The van der Waals surface area contributed by atoms with E-state index in [4.69, 9.17) is 4.74 Å². The molecule has 1 amide bonds. The minimum absolute atomic E-state index is 0.138. The van der Waals surface area contributed by atoms with E-state index in [9.17, 15) is 4.79 Å². The molecule has 2 heterocycles. The molecule has 1 saturated heterocycles. The second-order valence-corrected chi connectivity index (χ2v) is 8.95. The van der Waals surface area contributed by atoms with Crippen LogP contribution in [0.25, 0.3) is 0 Å². The number of amides is 1. The number of anilines is 1. The first-order chi connectivity index (χ1) is 15.5. The highest BCUT2D eigenvalue weighted by atomic mass is 32.2. The Morgan fingerprint density at radius 3 is 2.50 bits per heavy atom. The maximum atomic E-state index is 12.7. The number of thioether (sulfide) groups is 1. The lowest BCUT2D eigenvalue weighted by molar-refractivity contribution is -0.128. The molecule has 0 saturated carbocycles. The molecule has 0 N–H and O–H groups in total. The van der Waals surface area contributed by atoms with Crippen LogP contribution in [0.5, 0.6) is 5.75 Å². The van der Waals surface area contributed by atoms with Gasteiger partial charge in [0, 0.05) is 38.9 Å². The molecule has 8 heteroatoms. The van der Waals surface area contributed by atoms with Gasteiger partial charge < -0.3 is 19.1 Å². The van der Waals surface area contributed by atoms with E-state index in [2.05, 4.69) is 40.2 Å². The number of aromatic nitrogens is 3. The second kappa shape index (κ2) is 10.1. The number of carbonyl (C=O) groups excluding carboxylic acids is 1. The molecular formula is C24H29N5O2S. The summed E-state index contributed by atoms with van der Waals surface area (Å²) in [7, 11) is 1.91. The molecule has 0 atom stereocenters. The van der Waals surface area contributed by atoms with Crippen LogP contribution >= 0.6 is 11.8 Å². The highest BCUT2D eigenvalue weighted by molar-refractivity contribution is 7.99. The van der Waals surface area contributed by atoms with Gasteiger partial charge in [-0.1, -0.05) is 47.7 Å². The van der Waals surface area contributed by atoms with Crippen LogP contribution in [-0.2, 0) is 18.4 Å². The van der Waals surface area contributed by atoms with Gasteiger partial charge in [-0.25, -0.2) is 0 Å². The molecule has 1 aliphatic rings. The molecule has 1 aliphatic heterocycles. The summed E-state index contributed by atoms with van der Waals surface area (Å²) < 4.78 is 7.82. The standard InChI is InChI=1S/C24H29N5O2S/c1-18-9-10-21(19(2)15-18)31-16-22-25-26-24(27(22)3)32-17-23(30)29-13-11-28(12-14-29)20-7-5-4-6-8-20/h4-10,15H,11-14,16-17H2,1-3H3. The van der Waals surface area contributed by atoms with Gasteiger partial charge in [0.25, 0.3) is 0 Å². The highest BCUT2D eigenvalue weighted by Crippen LogP contribution is 2.22. The zero-order valence-electron chi connectivity index (χ0n) is 18.8. The van der Waals surface area contributed by atoms with E-state index in [-0.39, 0.29) is 5.91 Å². The fourth-order valence-electron chi connectivity index (χ4n) is 3.77. The van der Waals surface area contributed by atoms with Crippen molar-refractivity contribution in [1.29, 1.82) is 0 Å². The van der Waals surface area contributed by atoms with E-state index < -0.39 is 0 Å². The molecule has 168 valence electrons. The molecule has 0 aliphatic carbocycles. The first kappa shape index (κ1) is 22.2. The number of para-hydroxylation sites is 1. The van der Waals surface area contributed by atoms with Gasteiger partial charge in [0.1, 0.15) is 12.4 Å². The summed E-state index contributed by atoms with van der Waals surface area (Å²) in [4.78, 5) is 17.0. The summed E-state index contributed by atoms with van der Waals surface area (Å²) in [5.74, 6) is 2.07. The smallest absolute Gasteiger partial charge is 0.233 e. The van der Waals surface area contributed by atoms with Crippen molar-refractivity contribution in [3.8, 4) is 5.75 Å². The van der Waals surface area contributed by atoms with Crippen molar-refractivity contribution < 1.29 is 9.53 Å². The Balaban J connectivity index is 1.26. The molecule has 0 radical (unpaired) electrons. The van der Waals surface area contributed by atoms with E-state index in [1.807, 2.05) is 53.8 Å². The zero-order valence-corrected chi connectivity index (χ0v) is 19.6. The summed E-state index contributed by atoms with van der Waals surface area (Å²) in [6, 6.07) is 16.5. The number of hydrogen-bond acceptors (Lipinski definition) is 6. The number of nitrogens with zero attached hydrogens (tertiary/aromatic N) is 5. The molecule has 0 unspecified atom stereocenters. The maximum absolute atomic E-state index is 12.7. The highest BCUT2D eigenvalue weighted by Gasteiger charge is 2.22. The molecule has 0 bridgehead atoms. The molecule has 2 aromatic carbocycles. The molecule has 4 rings (SSSR count). The van der Waals surface area contributed by atoms with Crippen LogP contribution in [0.15, 0.2) is 53.7 Å². The Morgan fingerprint density at radius 2 is 1.78 bits per heavy atom. The predicted octanol–water partition coefficient (Wildman–Crippen LogP) is 3.45. The maximum Gasteiger partial charge on any atom is 0.233 e. The molecule has 3 aromatic rings. The first-order valence-corrected chi connectivity index (χ1v) is 11.8. The lowest BCUT2D eigenvalue weighted by Gasteiger charge is -2.36. The monoisotopic (exact) mass is 451 g/mol. The van der Waals surface area contributed by atoms with Gasteiger partial charge in [-0.15, -0.1) is 10.2 Å². The predicted molar refractivity (Wildman–Crippen MR) is 127 cm³/mol. The Labute approximate surface area is 193 Å². The normalized spacial score (nSPS) is 14.0. The lowest BCUT2D eigenvalue weighted by Crippen LogP contribution is -2.49. The average Bonchev–Trinajstić information content (AvgIpc) is 3.17. The van der Waals surface area contributed by atoms with Crippen LogP contribution in [0, 0.1) is 13.8 Å². The number of hydrogen-bond donors (Lipinski definition) is 0. The summed E-state index contributed by atoms with van der Waals surface area (Å²) >= 11 is 1.42. The largest absolute Gasteiger partial charge is 0.485 e. The topological polar surface area (TPSA) is 63.5 Å². The number of aryl methyl sites for hydroxylation is 2. The zero-order chi connectivity index (χ0) is 22.5. The van der Waals surface area contributed by atoms with Crippen LogP contribution < -0.4 is 9.64 Å². The Bertz CT molecular complexity index is 1060. The number of piperazine rings is 1. The minimum atomic E-state index is 0.138. The summed E-state index contributed by atoms with van der Waals surface area (Å²) in [5.41, 5.74) is 3.52. The molecule has 1 fully saturated rings. The summed E-state index contributed by atoms with van der Waals surface area (Å²) in [6.45, 7) is 7.61. The van der Waals surface area contributed by atoms with Crippen molar-refractivity contribution in [1.82, 2.24) is 19.7 Å². The van der Waals surface area contributed by atoms with E-state index >= 15 is 0 Å². The van der Waals surface area contributed by atoms with Gasteiger partial charge in [-0.05, 0) is 37.6 Å². The summed E-state index contributed by atoms with van der Waals surface area (Å²) in [5, 5.41) is 9.22. The molecule has 1 aromatic heterocycles. The van der Waals surface area contributed by atoms with Gasteiger partial charge in [-0.2, -0.15) is 0 Å². The fourth-order valence-corrected chi connectivity index (χ4v) is 4.60. The lowest BCUT2D eigenvalue weighted by atomic mass is 10.1. The third-order valence-corrected chi connectivity index (χ3v) is 6.70. The van der Waals surface area contributed by atoms with Gasteiger partial charge >= 0.3 is 0 Å². The van der Waals surface area contributed by atoms with Gasteiger partial charge in [0.2, 0.25) is 5.91 Å². The molecule has 0 spiro atoms.